The van der Waals surface area contributed by atoms with Gasteiger partial charge in [-0.05, 0) is 37.5 Å². The Morgan fingerprint density at radius 2 is 1.75 bits per heavy atom. The molecule has 2 fully saturated rings. The summed E-state index contributed by atoms with van der Waals surface area (Å²) in [5.74, 6) is 0.971. The monoisotopic (exact) mass is 302 g/mol. The molecule has 0 saturated heterocycles. The average Bonchev–Trinajstić information content (AvgIpc) is 2.42. The van der Waals surface area contributed by atoms with E-state index in [1.54, 1.807) is 0 Å². The van der Waals surface area contributed by atoms with Crippen molar-refractivity contribution in [2.75, 3.05) is 12.3 Å². The molecule has 0 radical (unpaired) electrons. The van der Waals surface area contributed by atoms with Crippen LogP contribution in [0.4, 0.5) is 0 Å². The summed E-state index contributed by atoms with van der Waals surface area (Å²) in [6.45, 7) is 2.55. The third kappa shape index (κ3) is 3.95. The Hall–Kier alpha value is -0.130. The molecule has 0 aromatic carbocycles. The zero-order valence-corrected chi connectivity index (χ0v) is 13.6. The zero-order valence-electron chi connectivity index (χ0n) is 12.7. The van der Waals surface area contributed by atoms with E-state index in [2.05, 4.69) is 11.6 Å². The standard InChI is InChI=1S/C15H30N2O2S/c1-13-7-5-6-10-15(13,12-16)17-20(18,19)11-14-8-3-2-4-9-14/h13-14,17H,2-12,16H2,1H3. The molecule has 20 heavy (non-hydrogen) atoms. The molecule has 118 valence electrons. The molecule has 2 aliphatic carbocycles. The van der Waals surface area contributed by atoms with Crippen LogP contribution in [-0.4, -0.2) is 26.3 Å². The molecule has 0 aromatic heterocycles. The fourth-order valence-electron chi connectivity index (χ4n) is 3.93. The maximum atomic E-state index is 12.5. The Kier molecular flexibility index (Phi) is 5.49. The van der Waals surface area contributed by atoms with Crippen molar-refractivity contribution in [3.05, 3.63) is 0 Å². The van der Waals surface area contributed by atoms with Gasteiger partial charge in [-0.25, -0.2) is 13.1 Å². The first-order chi connectivity index (χ1) is 9.47. The van der Waals surface area contributed by atoms with Crippen molar-refractivity contribution in [3.63, 3.8) is 0 Å². The molecule has 0 bridgehead atoms. The van der Waals surface area contributed by atoms with Gasteiger partial charge >= 0.3 is 0 Å². The molecule has 2 unspecified atom stereocenters. The van der Waals surface area contributed by atoms with Crippen molar-refractivity contribution in [2.24, 2.45) is 17.6 Å². The molecule has 2 rings (SSSR count). The van der Waals surface area contributed by atoms with Gasteiger partial charge in [0, 0.05) is 12.1 Å². The summed E-state index contributed by atoms with van der Waals surface area (Å²) in [6, 6.07) is 0. The average molecular weight is 302 g/mol. The first-order valence-electron chi connectivity index (χ1n) is 8.19. The van der Waals surface area contributed by atoms with E-state index in [-0.39, 0.29) is 0 Å². The highest BCUT2D eigenvalue weighted by Gasteiger charge is 2.40. The number of nitrogens with two attached hydrogens (primary N) is 1. The summed E-state index contributed by atoms with van der Waals surface area (Å²) >= 11 is 0. The van der Waals surface area contributed by atoms with Crippen molar-refractivity contribution < 1.29 is 8.42 Å². The van der Waals surface area contributed by atoms with Gasteiger partial charge in [0.2, 0.25) is 10.0 Å². The molecule has 4 nitrogen and oxygen atoms in total. The Balaban J connectivity index is 2.01. The minimum Gasteiger partial charge on any atom is -0.329 e. The minimum atomic E-state index is -3.21. The van der Waals surface area contributed by atoms with Crippen LogP contribution in [0.15, 0.2) is 0 Å². The van der Waals surface area contributed by atoms with Crippen LogP contribution in [0.3, 0.4) is 0 Å². The van der Waals surface area contributed by atoms with Crippen LogP contribution < -0.4 is 10.5 Å². The van der Waals surface area contributed by atoms with E-state index >= 15 is 0 Å². The van der Waals surface area contributed by atoms with Crippen molar-refractivity contribution in [1.82, 2.24) is 4.72 Å². The van der Waals surface area contributed by atoms with Crippen LogP contribution in [0.2, 0.25) is 0 Å². The highest BCUT2D eigenvalue weighted by atomic mass is 32.2. The van der Waals surface area contributed by atoms with Crippen LogP contribution in [0.1, 0.15) is 64.7 Å². The third-order valence-corrected chi connectivity index (χ3v) is 6.98. The zero-order chi connectivity index (χ0) is 14.6. The molecule has 2 atom stereocenters. The lowest BCUT2D eigenvalue weighted by Gasteiger charge is -2.42. The predicted molar refractivity (Wildman–Crippen MR) is 82.9 cm³/mol. The SMILES string of the molecule is CC1CCCCC1(CN)NS(=O)(=O)CC1CCCCC1. The molecule has 0 amide bonds. The van der Waals surface area contributed by atoms with Gasteiger partial charge in [0.25, 0.3) is 0 Å². The minimum absolute atomic E-state index is 0.293. The van der Waals surface area contributed by atoms with Gasteiger partial charge in [0.05, 0.1) is 5.75 Å². The van der Waals surface area contributed by atoms with Crippen molar-refractivity contribution in [1.29, 1.82) is 0 Å². The number of hydrogen-bond acceptors (Lipinski definition) is 3. The topological polar surface area (TPSA) is 72.2 Å². The largest absolute Gasteiger partial charge is 0.329 e. The van der Waals surface area contributed by atoms with E-state index in [0.29, 0.717) is 24.1 Å². The van der Waals surface area contributed by atoms with E-state index in [1.807, 2.05) is 0 Å². The summed E-state index contributed by atoms with van der Waals surface area (Å²) in [6.07, 6.45) is 9.96. The Morgan fingerprint density at radius 1 is 1.10 bits per heavy atom. The van der Waals surface area contributed by atoms with Gasteiger partial charge in [-0.3, -0.25) is 0 Å². The van der Waals surface area contributed by atoms with Gasteiger partial charge in [-0.2, -0.15) is 0 Å². The number of rotatable bonds is 5. The van der Waals surface area contributed by atoms with Crippen molar-refractivity contribution in [2.45, 2.75) is 70.3 Å². The van der Waals surface area contributed by atoms with E-state index in [1.165, 1.54) is 25.7 Å². The van der Waals surface area contributed by atoms with Gasteiger partial charge < -0.3 is 5.73 Å². The quantitative estimate of drug-likeness (QED) is 0.819. The highest BCUT2D eigenvalue weighted by Crippen LogP contribution is 2.34. The fraction of sp³-hybridized carbons (Fsp3) is 1.00. The summed E-state index contributed by atoms with van der Waals surface area (Å²) in [4.78, 5) is 0. The molecule has 3 N–H and O–H groups in total. The van der Waals surface area contributed by atoms with Crippen molar-refractivity contribution >= 4 is 10.0 Å². The van der Waals surface area contributed by atoms with Crippen LogP contribution in [0, 0.1) is 11.8 Å². The molecule has 5 heteroatoms. The molecular weight excluding hydrogens is 272 g/mol. The lowest BCUT2D eigenvalue weighted by molar-refractivity contribution is 0.191. The highest BCUT2D eigenvalue weighted by molar-refractivity contribution is 7.89. The Labute approximate surface area is 123 Å². The summed E-state index contributed by atoms with van der Waals surface area (Å²) in [7, 11) is -3.21. The summed E-state index contributed by atoms with van der Waals surface area (Å²) in [5, 5.41) is 0. The van der Waals surface area contributed by atoms with E-state index in [0.717, 1.165) is 32.1 Å². The van der Waals surface area contributed by atoms with E-state index in [9.17, 15) is 8.42 Å². The predicted octanol–water partition coefficient (Wildman–Crippen LogP) is 2.39. The second-order valence-corrected chi connectivity index (χ2v) is 8.66. The van der Waals surface area contributed by atoms with Gasteiger partial charge in [0.15, 0.2) is 0 Å². The maximum absolute atomic E-state index is 12.5. The third-order valence-electron chi connectivity index (χ3n) is 5.36. The Morgan fingerprint density at radius 3 is 2.35 bits per heavy atom. The molecule has 0 spiro atoms. The Bertz CT molecular complexity index is 404. The molecule has 0 heterocycles. The molecule has 0 aromatic rings. The lowest BCUT2D eigenvalue weighted by Crippen LogP contribution is -2.59. The van der Waals surface area contributed by atoms with Crippen LogP contribution in [0.25, 0.3) is 0 Å². The number of nitrogens with one attached hydrogen (secondary N) is 1. The first-order valence-corrected chi connectivity index (χ1v) is 9.84. The lowest BCUT2D eigenvalue weighted by atomic mass is 9.74. The fourth-order valence-corrected chi connectivity index (χ4v) is 5.97. The molecule has 2 aliphatic rings. The van der Waals surface area contributed by atoms with Crippen LogP contribution in [0.5, 0.6) is 0 Å². The van der Waals surface area contributed by atoms with Gasteiger partial charge in [0.1, 0.15) is 0 Å². The number of hydrogen-bond donors (Lipinski definition) is 2. The van der Waals surface area contributed by atoms with Crippen LogP contribution >= 0.6 is 0 Å². The smallest absolute Gasteiger partial charge is 0.212 e. The van der Waals surface area contributed by atoms with Crippen LogP contribution in [-0.2, 0) is 10.0 Å². The van der Waals surface area contributed by atoms with E-state index in [4.69, 9.17) is 5.73 Å². The normalized spacial score (nSPS) is 33.2. The molecule has 2 saturated carbocycles. The summed E-state index contributed by atoms with van der Waals surface area (Å²) < 4.78 is 28.0. The second kappa shape index (κ2) is 6.75. The summed E-state index contributed by atoms with van der Waals surface area (Å²) in [5.41, 5.74) is 5.54. The maximum Gasteiger partial charge on any atom is 0.212 e. The van der Waals surface area contributed by atoms with Crippen molar-refractivity contribution in [3.8, 4) is 0 Å². The first kappa shape index (κ1) is 16.2. The van der Waals surface area contributed by atoms with E-state index < -0.39 is 15.6 Å². The van der Waals surface area contributed by atoms with Gasteiger partial charge in [-0.15, -0.1) is 0 Å². The molecular formula is C15H30N2O2S. The number of sulfonamides is 1. The molecule has 0 aliphatic heterocycles. The second-order valence-electron chi connectivity index (χ2n) is 6.89. The van der Waals surface area contributed by atoms with Gasteiger partial charge in [-0.1, -0.05) is 39.0 Å².